The summed E-state index contributed by atoms with van der Waals surface area (Å²) in [4.78, 5) is 26.4. The molecule has 0 radical (unpaired) electrons. The summed E-state index contributed by atoms with van der Waals surface area (Å²) in [6, 6.07) is 12.4. The third-order valence-electron chi connectivity index (χ3n) is 3.97. The molecule has 4 rings (SSSR count). The van der Waals surface area contributed by atoms with Gasteiger partial charge in [0.1, 0.15) is 0 Å². The van der Waals surface area contributed by atoms with Crippen molar-refractivity contribution < 1.29 is 14.7 Å². The zero-order valence-electron chi connectivity index (χ0n) is 12.0. The Morgan fingerprint density at radius 2 is 1.96 bits per heavy atom. The molecule has 0 saturated carbocycles. The number of aromatic amines is 1. The largest absolute Gasteiger partial charge is 0.478 e. The first-order chi connectivity index (χ1) is 11.1. The van der Waals surface area contributed by atoms with Crippen LogP contribution >= 0.6 is 0 Å². The Hall–Kier alpha value is -3.34. The lowest BCUT2D eigenvalue weighted by atomic mass is 10.0. The van der Waals surface area contributed by atoms with Crippen LogP contribution in [0.1, 0.15) is 21.5 Å². The number of anilines is 1. The van der Waals surface area contributed by atoms with Crippen LogP contribution in [-0.2, 0) is 4.79 Å². The lowest BCUT2D eigenvalue weighted by molar-refractivity contribution is -0.110. The molecule has 3 aromatic rings. The highest BCUT2D eigenvalue weighted by molar-refractivity contribution is 6.35. The second-order valence-electron chi connectivity index (χ2n) is 5.37. The van der Waals surface area contributed by atoms with Crippen molar-refractivity contribution in [3.63, 3.8) is 0 Å². The van der Waals surface area contributed by atoms with Gasteiger partial charge >= 0.3 is 5.97 Å². The predicted octanol–water partition coefficient (Wildman–Crippen LogP) is 3.36. The van der Waals surface area contributed by atoms with Crippen LogP contribution in [0.5, 0.6) is 0 Å². The number of nitrogens with one attached hydrogen (secondary N) is 2. The summed E-state index contributed by atoms with van der Waals surface area (Å²) in [5.74, 6) is -1.13. The molecule has 0 saturated heterocycles. The number of fused-ring (bicyclic) bond motifs is 2. The van der Waals surface area contributed by atoms with E-state index in [2.05, 4.69) is 10.3 Å². The van der Waals surface area contributed by atoms with E-state index in [0.717, 1.165) is 27.7 Å². The molecule has 3 N–H and O–H groups in total. The summed E-state index contributed by atoms with van der Waals surface area (Å²) in [5.41, 5.74) is 4.03. The Bertz CT molecular complexity index is 998. The minimum atomic E-state index is -0.976. The van der Waals surface area contributed by atoms with Gasteiger partial charge in [0, 0.05) is 39.5 Å². The maximum absolute atomic E-state index is 12.2. The van der Waals surface area contributed by atoms with Crippen molar-refractivity contribution in [3.8, 4) is 0 Å². The Kier molecular flexibility index (Phi) is 2.81. The van der Waals surface area contributed by atoms with E-state index in [4.69, 9.17) is 5.11 Å². The molecule has 1 amide bonds. The number of aromatic carboxylic acids is 1. The molecule has 0 aliphatic carbocycles. The van der Waals surface area contributed by atoms with Crippen molar-refractivity contribution in [1.29, 1.82) is 0 Å². The second-order valence-corrected chi connectivity index (χ2v) is 5.37. The highest BCUT2D eigenvalue weighted by Gasteiger charge is 2.23. The zero-order valence-corrected chi connectivity index (χ0v) is 12.0. The quantitative estimate of drug-likeness (QED) is 0.635. The predicted molar refractivity (Wildman–Crippen MR) is 88.2 cm³/mol. The average molecular weight is 304 g/mol. The number of carboxylic acid groups (broad SMARTS) is 1. The molecule has 5 nitrogen and oxygen atoms in total. The van der Waals surface area contributed by atoms with Gasteiger partial charge < -0.3 is 15.4 Å². The Morgan fingerprint density at radius 3 is 2.78 bits per heavy atom. The van der Waals surface area contributed by atoms with Gasteiger partial charge in [0.15, 0.2) is 0 Å². The first-order valence-electron chi connectivity index (χ1n) is 7.10. The van der Waals surface area contributed by atoms with Gasteiger partial charge in [-0.2, -0.15) is 0 Å². The number of aromatic nitrogens is 1. The summed E-state index contributed by atoms with van der Waals surface area (Å²) in [7, 11) is 0. The van der Waals surface area contributed by atoms with Crippen molar-refractivity contribution >= 4 is 40.1 Å². The molecular weight excluding hydrogens is 292 g/mol. The first kappa shape index (κ1) is 13.3. The van der Waals surface area contributed by atoms with Crippen molar-refractivity contribution in [2.75, 3.05) is 5.32 Å². The van der Waals surface area contributed by atoms with Crippen LogP contribution < -0.4 is 5.32 Å². The minimum Gasteiger partial charge on any atom is -0.478 e. The number of para-hydroxylation sites is 1. The number of hydrogen-bond donors (Lipinski definition) is 3. The fraction of sp³-hybridized carbons (Fsp3) is 0. The molecule has 0 bridgehead atoms. The summed E-state index contributed by atoms with van der Waals surface area (Å²) < 4.78 is 0. The van der Waals surface area contributed by atoms with Crippen LogP contribution in [-0.4, -0.2) is 22.0 Å². The van der Waals surface area contributed by atoms with Crippen molar-refractivity contribution in [3.05, 3.63) is 65.4 Å². The van der Waals surface area contributed by atoms with E-state index in [-0.39, 0.29) is 11.5 Å². The maximum atomic E-state index is 12.2. The van der Waals surface area contributed by atoms with E-state index in [1.807, 2.05) is 24.3 Å². The van der Waals surface area contributed by atoms with Gasteiger partial charge in [-0.1, -0.05) is 18.2 Å². The summed E-state index contributed by atoms with van der Waals surface area (Å²) in [5, 5.41) is 12.7. The number of carbonyl (C=O) groups excluding carboxylic acids is 1. The fourth-order valence-corrected chi connectivity index (χ4v) is 2.83. The SMILES string of the molecule is O=C1Nc2ccccc2C1=Cc1c[nH]c2ccc(C(=O)O)cc12. The van der Waals surface area contributed by atoms with Gasteiger partial charge in [-0.3, -0.25) is 4.79 Å². The van der Waals surface area contributed by atoms with Gasteiger partial charge in [0.05, 0.1) is 5.56 Å². The van der Waals surface area contributed by atoms with Gasteiger partial charge in [-0.25, -0.2) is 4.79 Å². The van der Waals surface area contributed by atoms with Crippen LogP contribution in [0.4, 0.5) is 5.69 Å². The topological polar surface area (TPSA) is 82.2 Å². The molecule has 112 valence electrons. The smallest absolute Gasteiger partial charge is 0.335 e. The van der Waals surface area contributed by atoms with E-state index in [9.17, 15) is 9.59 Å². The molecule has 2 aromatic carbocycles. The van der Waals surface area contributed by atoms with E-state index in [1.165, 1.54) is 0 Å². The fourth-order valence-electron chi connectivity index (χ4n) is 2.83. The highest BCUT2D eigenvalue weighted by atomic mass is 16.4. The monoisotopic (exact) mass is 304 g/mol. The molecule has 1 aliphatic rings. The second kappa shape index (κ2) is 4.84. The third-order valence-corrected chi connectivity index (χ3v) is 3.97. The molecule has 0 atom stereocenters. The number of carboxylic acids is 1. The maximum Gasteiger partial charge on any atom is 0.335 e. The number of carbonyl (C=O) groups is 2. The highest BCUT2D eigenvalue weighted by Crippen LogP contribution is 2.34. The normalized spacial score (nSPS) is 15.0. The van der Waals surface area contributed by atoms with Gasteiger partial charge in [0.2, 0.25) is 0 Å². The number of amides is 1. The van der Waals surface area contributed by atoms with Crippen LogP contribution in [0.15, 0.2) is 48.7 Å². The van der Waals surface area contributed by atoms with Gasteiger partial charge in [0.25, 0.3) is 5.91 Å². The molecule has 0 unspecified atom stereocenters. The third kappa shape index (κ3) is 2.10. The van der Waals surface area contributed by atoms with Gasteiger partial charge in [-0.05, 0) is 30.3 Å². The van der Waals surface area contributed by atoms with E-state index in [0.29, 0.717) is 5.57 Å². The first-order valence-corrected chi connectivity index (χ1v) is 7.10. The zero-order chi connectivity index (χ0) is 16.0. The van der Waals surface area contributed by atoms with Crippen LogP contribution in [0.25, 0.3) is 22.6 Å². The van der Waals surface area contributed by atoms with Crippen LogP contribution in [0, 0.1) is 0 Å². The van der Waals surface area contributed by atoms with Gasteiger partial charge in [-0.15, -0.1) is 0 Å². The number of rotatable bonds is 2. The standard InChI is InChI=1S/C18H12N2O3/c21-17-14(12-3-1-2-4-16(12)20-17)8-11-9-19-15-6-5-10(18(22)23)7-13(11)15/h1-9,19H,(H,20,21)(H,22,23). The number of H-pyrrole nitrogens is 1. The molecule has 0 fully saturated rings. The van der Waals surface area contributed by atoms with Crippen molar-refractivity contribution in [2.45, 2.75) is 0 Å². The molecule has 0 spiro atoms. The summed E-state index contributed by atoms with van der Waals surface area (Å²) in [6.45, 7) is 0. The molecule has 2 heterocycles. The van der Waals surface area contributed by atoms with E-state index < -0.39 is 5.97 Å². The lowest BCUT2D eigenvalue weighted by Gasteiger charge is -1.99. The lowest BCUT2D eigenvalue weighted by Crippen LogP contribution is -2.03. The van der Waals surface area contributed by atoms with Crippen LogP contribution in [0.3, 0.4) is 0 Å². The molecule has 1 aromatic heterocycles. The van der Waals surface area contributed by atoms with Crippen LogP contribution in [0.2, 0.25) is 0 Å². The van der Waals surface area contributed by atoms with E-state index in [1.54, 1.807) is 30.5 Å². The molecule has 1 aliphatic heterocycles. The summed E-state index contributed by atoms with van der Waals surface area (Å²) >= 11 is 0. The van der Waals surface area contributed by atoms with Crippen molar-refractivity contribution in [2.24, 2.45) is 0 Å². The molecular formula is C18H12N2O3. The average Bonchev–Trinajstić information content (AvgIpc) is 3.09. The molecule has 23 heavy (non-hydrogen) atoms. The number of benzene rings is 2. The molecule has 5 heteroatoms. The van der Waals surface area contributed by atoms with Crippen molar-refractivity contribution in [1.82, 2.24) is 4.98 Å². The van der Waals surface area contributed by atoms with E-state index >= 15 is 0 Å². The Morgan fingerprint density at radius 1 is 1.13 bits per heavy atom. The Labute approximate surface area is 131 Å². The number of hydrogen-bond acceptors (Lipinski definition) is 2. The Balaban J connectivity index is 1.88. The minimum absolute atomic E-state index is 0.157. The summed E-state index contributed by atoms with van der Waals surface area (Å²) in [6.07, 6.45) is 3.56.